The Labute approximate surface area is 304 Å². The summed E-state index contributed by atoms with van der Waals surface area (Å²) in [7, 11) is 6.16. The van der Waals surface area contributed by atoms with E-state index in [-0.39, 0.29) is 17.2 Å². The molecular formula is C40H45ClN4O6. The van der Waals surface area contributed by atoms with Crippen LogP contribution in [0.15, 0.2) is 78.9 Å². The number of anilines is 2. The number of ether oxygens (including phenoxy) is 4. The molecule has 5 rings (SSSR count). The third-order valence-corrected chi connectivity index (χ3v) is 9.48. The quantitative estimate of drug-likeness (QED) is 0.141. The summed E-state index contributed by atoms with van der Waals surface area (Å²) in [6.07, 6.45) is 4.63. The summed E-state index contributed by atoms with van der Waals surface area (Å²) < 4.78 is 20.9. The van der Waals surface area contributed by atoms with E-state index < -0.39 is 5.41 Å². The largest absolute Gasteiger partial charge is 0.493 e. The number of halogens is 1. The number of nitrogens with two attached hydrogens (primary N) is 1. The smallest absolute Gasteiger partial charge is 0.255 e. The number of methoxy groups -OCH3 is 4. The summed E-state index contributed by atoms with van der Waals surface area (Å²) >= 11 is 6.19. The van der Waals surface area contributed by atoms with E-state index in [4.69, 9.17) is 36.3 Å². The van der Waals surface area contributed by atoms with Gasteiger partial charge in [-0.25, -0.2) is 0 Å². The van der Waals surface area contributed by atoms with Crippen molar-refractivity contribution >= 4 is 34.8 Å². The van der Waals surface area contributed by atoms with Crippen LogP contribution in [-0.2, 0) is 10.8 Å². The number of carbonyl (C=O) groups is 2. The van der Waals surface area contributed by atoms with Crippen LogP contribution in [0.25, 0.3) is 0 Å². The van der Waals surface area contributed by atoms with Gasteiger partial charge in [-0.3, -0.25) is 9.59 Å². The van der Waals surface area contributed by atoms with Gasteiger partial charge in [0.2, 0.25) is 0 Å². The zero-order chi connectivity index (χ0) is 37.2. The van der Waals surface area contributed by atoms with Gasteiger partial charge in [0.05, 0.1) is 39.9 Å². The summed E-state index contributed by atoms with van der Waals surface area (Å²) in [5.41, 5.74) is 9.52. The van der Waals surface area contributed by atoms with E-state index in [1.165, 1.54) is 32.6 Å². The van der Waals surface area contributed by atoms with Crippen molar-refractivity contribution in [2.45, 2.75) is 50.4 Å². The number of nitrogens with zero attached hydrogens (tertiary/aromatic N) is 1. The molecule has 0 aliphatic heterocycles. The molecule has 4 aromatic carbocycles. The molecule has 0 bridgehead atoms. The predicted octanol–water partition coefficient (Wildman–Crippen LogP) is 8.14. The van der Waals surface area contributed by atoms with E-state index in [9.17, 15) is 14.9 Å². The molecule has 51 heavy (non-hydrogen) atoms. The average Bonchev–Trinajstić information content (AvgIpc) is 3.66. The second kappa shape index (κ2) is 17.1. The Morgan fingerprint density at radius 1 is 0.765 bits per heavy atom. The number of amides is 2. The third kappa shape index (κ3) is 9.11. The fourth-order valence-electron chi connectivity index (χ4n) is 6.09. The summed E-state index contributed by atoms with van der Waals surface area (Å²) in [4.78, 5) is 25.1. The van der Waals surface area contributed by atoms with E-state index in [2.05, 4.69) is 28.8 Å². The Bertz CT molecular complexity index is 1900. The van der Waals surface area contributed by atoms with Crippen molar-refractivity contribution in [1.29, 1.82) is 5.26 Å². The second-order valence-electron chi connectivity index (χ2n) is 12.8. The topological polar surface area (TPSA) is 145 Å². The molecule has 11 heteroatoms. The maximum absolute atomic E-state index is 12.6. The molecule has 1 saturated carbocycles. The van der Waals surface area contributed by atoms with Crippen LogP contribution in [0.2, 0.25) is 5.02 Å². The van der Waals surface area contributed by atoms with Crippen LogP contribution in [0.5, 0.6) is 23.0 Å². The number of carbonyl (C=O) groups excluding carboxylic acids is 2. The van der Waals surface area contributed by atoms with Gasteiger partial charge in [0.15, 0.2) is 23.0 Å². The summed E-state index contributed by atoms with van der Waals surface area (Å²) in [6, 6.07) is 25.4. The Balaban J connectivity index is 0.000000229. The van der Waals surface area contributed by atoms with Gasteiger partial charge in [-0.15, -0.1) is 0 Å². The molecule has 0 heterocycles. The minimum atomic E-state index is -0.763. The zero-order valence-corrected chi connectivity index (χ0v) is 30.6. The molecule has 0 spiro atoms. The van der Waals surface area contributed by atoms with Crippen molar-refractivity contribution in [3.63, 3.8) is 0 Å². The number of nitriles is 1. The van der Waals surface area contributed by atoms with E-state index in [1.807, 2.05) is 12.1 Å². The standard InChI is InChI=1S/C21H26N2O3.C19H19ClN2O3/c1-25-18-9-8-15(12-19(18)26-2)20(24)23-17-7-5-6-16(13-17)21(14-22)10-3-4-11-21;1-19(2,11-21)14-10-13(6-7-15(14)20)22-18(23)12-5-8-16(24-3)17(9-12)25-4/h5-9,12-13H,3-4,10-11,14,22H2,1-2H3,(H,23,24);5-10H,1-4H3,(H,22,23). The minimum Gasteiger partial charge on any atom is -0.493 e. The molecular weight excluding hydrogens is 668 g/mol. The van der Waals surface area contributed by atoms with Crippen molar-refractivity contribution in [2.24, 2.45) is 5.73 Å². The normalized spacial score (nSPS) is 13.2. The van der Waals surface area contributed by atoms with Crippen LogP contribution in [0.3, 0.4) is 0 Å². The van der Waals surface area contributed by atoms with Gasteiger partial charge in [0, 0.05) is 39.5 Å². The Kier molecular flexibility index (Phi) is 12.9. The number of benzene rings is 4. The fourth-order valence-corrected chi connectivity index (χ4v) is 6.45. The van der Waals surface area contributed by atoms with E-state index >= 15 is 0 Å². The van der Waals surface area contributed by atoms with Gasteiger partial charge >= 0.3 is 0 Å². The van der Waals surface area contributed by atoms with Crippen molar-refractivity contribution < 1.29 is 28.5 Å². The van der Waals surface area contributed by atoms with Crippen LogP contribution in [0.4, 0.5) is 11.4 Å². The van der Waals surface area contributed by atoms with Gasteiger partial charge in [-0.2, -0.15) is 5.26 Å². The molecule has 0 aromatic heterocycles. The maximum Gasteiger partial charge on any atom is 0.255 e. The van der Waals surface area contributed by atoms with E-state index in [0.29, 0.717) is 56.9 Å². The van der Waals surface area contributed by atoms with Crippen LogP contribution < -0.4 is 35.3 Å². The number of nitrogens with one attached hydrogen (secondary N) is 2. The van der Waals surface area contributed by atoms with Crippen molar-refractivity contribution in [3.05, 3.63) is 106 Å². The maximum atomic E-state index is 12.6. The summed E-state index contributed by atoms with van der Waals surface area (Å²) in [5, 5.41) is 15.6. The number of hydrogen-bond donors (Lipinski definition) is 3. The summed E-state index contributed by atoms with van der Waals surface area (Å²) in [6.45, 7) is 4.18. The van der Waals surface area contributed by atoms with Gasteiger partial charge in [-0.05, 0) is 105 Å². The minimum absolute atomic E-state index is 0.0457. The molecule has 1 fully saturated rings. The van der Waals surface area contributed by atoms with E-state index in [1.54, 1.807) is 82.7 Å². The third-order valence-electron chi connectivity index (χ3n) is 9.15. The molecule has 0 radical (unpaired) electrons. The van der Waals surface area contributed by atoms with Gasteiger partial charge in [-0.1, -0.05) is 36.6 Å². The highest BCUT2D eigenvalue weighted by Gasteiger charge is 2.34. The van der Waals surface area contributed by atoms with Crippen molar-refractivity contribution in [3.8, 4) is 29.1 Å². The molecule has 10 nitrogen and oxygen atoms in total. The Morgan fingerprint density at radius 2 is 1.27 bits per heavy atom. The first kappa shape index (κ1) is 38.6. The number of rotatable bonds is 11. The van der Waals surface area contributed by atoms with Gasteiger partial charge in [0.1, 0.15) is 0 Å². The highest BCUT2D eigenvalue weighted by molar-refractivity contribution is 6.31. The first-order chi connectivity index (χ1) is 24.4. The monoisotopic (exact) mass is 712 g/mol. The van der Waals surface area contributed by atoms with Crippen LogP contribution in [0, 0.1) is 11.3 Å². The molecule has 268 valence electrons. The molecule has 4 aromatic rings. The highest BCUT2D eigenvalue weighted by Crippen LogP contribution is 2.41. The Hall–Kier alpha value is -5.24. The van der Waals surface area contributed by atoms with Crippen molar-refractivity contribution in [2.75, 3.05) is 45.6 Å². The predicted molar refractivity (Wildman–Crippen MR) is 201 cm³/mol. The molecule has 2 amide bonds. The molecule has 0 atom stereocenters. The molecule has 0 saturated heterocycles. The van der Waals surface area contributed by atoms with E-state index in [0.717, 1.165) is 18.5 Å². The molecule has 1 aliphatic rings. The fraction of sp³-hybridized carbons (Fsp3) is 0.325. The number of hydrogen-bond acceptors (Lipinski definition) is 8. The Morgan fingerprint density at radius 3 is 1.75 bits per heavy atom. The van der Waals surface area contributed by atoms with Gasteiger partial charge < -0.3 is 35.3 Å². The van der Waals surface area contributed by atoms with Crippen LogP contribution in [0.1, 0.15) is 71.4 Å². The first-order valence-electron chi connectivity index (χ1n) is 16.5. The lowest BCUT2D eigenvalue weighted by molar-refractivity contribution is 0.101. The zero-order valence-electron chi connectivity index (χ0n) is 29.9. The van der Waals surface area contributed by atoms with Crippen molar-refractivity contribution in [1.82, 2.24) is 0 Å². The SMILES string of the molecule is COc1ccc(C(=O)Nc2ccc(Cl)c(C(C)(C)C#N)c2)cc1OC.COc1ccc(C(=O)Nc2cccc(C3(CN)CCCC3)c2)cc1OC. The van der Waals surface area contributed by atoms with Gasteiger partial charge in [0.25, 0.3) is 11.8 Å². The van der Waals surface area contributed by atoms with Crippen LogP contribution in [-0.4, -0.2) is 46.8 Å². The second-order valence-corrected chi connectivity index (χ2v) is 13.2. The first-order valence-corrected chi connectivity index (χ1v) is 16.9. The average molecular weight is 713 g/mol. The molecule has 1 aliphatic carbocycles. The molecule has 0 unspecified atom stereocenters. The summed E-state index contributed by atoms with van der Waals surface area (Å²) in [5.74, 6) is 1.65. The highest BCUT2D eigenvalue weighted by atomic mass is 35.5. The lowest BCUT2D eigenvalue weighted by Gasteiger charge is -2.28. The lowest BCUT2D eigenvalue weighted by Crippen LogP contribution is -2.32. The van der Waals surface area contributed by atoms with Crippen LogP contribution >= 0.6 is 11.6 Å². The lowest BCUT2D eigenvalue weighted by atomic mass is 9.79. The molecule has 4 N–H and O–H groups in total.